The summed E-state index contributed by atoms with van der Waals surface area (Å²) < 4.78 is 26.8. The summed E-state index contributed by atoms with van der Waals surface area (Å²) in [5.41, 5.74) is 0.456. The summed E-state index contributed by atoms with van der Waals surface area (Å²) in [4.78, 5) is 0.209. The maximum absolute atomic E-state index is 12.1. The lowest BCUT2D eigenvalue weighted by molar-refractivity contribution is 0.372. The maximum Gasteiger partial charge on any atom is 0.240 e. The van der Waals surface area contributed by atoms with Gasteiger partial charge in [-0.15, -0.1) is 0 Å². The van der Waals surface area contributed by atoms with Crippen molar-refractivity contribution in [3.63, 3.8) is 0 Å². The van der Waals surface area contributed by atoms with E-state index in [0.717, 1.165) is 25.9 Å². The van der Waals surface area contributed by atoms with Crippen LogP contribution in [0.25, 0.3) is 0 Å². The van der Waals surface area contributed by atoms with Crippen molar-refractivity contribution in [2.45, 2.75) is 17.7 Å². The van der Waals surface area contributed by atoms with Crippen LogP contribution in [0.3, 0.4) is 0 Å². The van der Waals surface area contributed by atoms with E-state index in [1.807, 2.05) is 6.07 Å². The van der Waals surface area contributed by atoms with E-state index in [2.05, 4.69) is 10.0 Å². The molecule has 1 aromatic rings. The molecule has 0 aliphatic carbocycles. The van der Waals surface area contributed by atoms with Gasteiger partial charge in [0.15, 0.2) is 0 Å². The zero-order valence-corrected chi connectivity index (χ0v) is 11.4. The third-order valence-corrected chi connectivity index (χ3v) is 4.75. The van der Waals surface area contributed by atoms with Crippen LogP contribution in [0.4, 0.5) is 0 Å². The van der Waals surface area contributed by atoms with Crippen molar-refractivity contribution in [3.8, 4) is 6.07 Å². The molecule has 0 amide bonds. The molecule has 1 aliphatic rings. The molecule has 5 nitrogen and oxygen atoms in total. The van der Waals surface area contributed by atoms with Crippen LogP contribution in [0.2, 0.25) is 0 Å². The first-order chi connectivity index (χ1) is 9.12. The van der Waals surface area contributed by atoms with Crippen molar-refractivity contribution in [1.29, 1.82) is 5.26 Å². The van der Waals surface area contributed by atoms with Gasteiger partial charge in [0.25, 0.3) is 0 Å². The van der Waals surface area contributed by atoms with Gasteiger partial charge in [-0.25, -0.2) is 13.1 Å². The van der Waals surface area contributed by atoms with Crippen LogP contribution in [0.5, 0.6) is 0 Å². The van der Waals surface area contributed by atoms with E-state index < -0.39 is 10.0 Å². The zero-order valence-electron chi connectivity index (χ0n) is 10.6. The molecule has 1 saturated heterocycles. The fourth-order valence-corrected chi connectivity index (χ4v) is 3.22. The van der Waals surface area contributed by atoms with Crippen LogP contribution >= 0.6 is 0 Å². The highest BCUT2D eigenvalue weighted by Crippen LogP contribution is 2.13. The Balaban J connectivity index is 1.99. The van der Waals surface area contributed by atoms with Gasteiger partial charge in [0, 0.05) is 6.54 Å². The van der Waals surface area contributed by atoms with Crippen molar-refractivity contribution >= 4 is 10.0 Å². The van der Waals surface area contributed by atoms with E-state index >= 15 is 0 Å². The molecule has 102 valence electrons. The van der Waals surface area contributed by atoms with E-state index in [9.17, 15) is 8.42 Å². The van der Waals surface area contributed by atoms with Crippen LogP contribution in [-0.2, 0) is 10.0 Å². The number of nitriles is 1. The number of piperidine rings is 1. The Morgan fingerprint density at radius 1 is 1.26 bits per heavy atom. The van der Waals surface area contributed by atoms with Crippen molar-refractivity contribution in [2.24, 2.45) is 5.92 Å². The van der Waals surface area contributed by atoms with E-state index in [4.69, 9.17) is 5.26 Å². The van der Waals surface area contributed by atoms with Crippen LogP contribution in [0, 0.1) is 17.2 Å². The highest BCUT2D eigenvalue weighted by atomic mass is 32.2. The third-order valence-electron chi connectivity index (χ3n) is 3.31. The summed E-state index contributed by atoms with van der Waals surface area (Å²) in [5, 5.41) is 11.9. The van der Waals surface area contributed by atoms with E-state index in [0.29, 0.717) is 18.0 Å². The molecule has 1 aliphatic heterocycles. The van der Waals surface area contributed by atoms with E-state index in [-0.39, 0.29) is 4.90 Å². The Hall–Kier alpha value is -1.42. The normalized spacial score (nSPS) is 17.0. The lowest BCUT2D eigenvalue weighted by Gasteiger charge is -2.22. The molecule has 2 rings (SSSR count). The highest BCUT2D eigenvalue weighted by molar-refractivity contribution is 7.89. The van der Waals surface area contributed by atoms with Gasteiger partial charge in [-0.1, -0.05) is 0 Å². The number of hydrogen-bond donors (Lipinski definition) is 2. The molecule has 0 radical (unpaired) electrons. The summed E-state index contributed by atoms with van der Waals surface area (Å²) in [6.07, 6.45) is 1.99. The Bertz CT molecular complexity index is 555. The Kier molecular flexibility index (Phi) is 4.53. The molecule has 6 heteroatoms. The predicted octanol–water partition coefficient (Wildman–Crippen LogP) is 0.836. The number of sulfonamides is 1. The average molecular weight is 279 g/mol. The number of nitrogens with one attached hydrogen (secondary N) is 2. The van der Waals surface area contributed by atoms with E-state index in [1.54, 1.807) is 0 Å². The number of benzene rings is 1. The smallest absolute Gasteiger partial charge is 0.240 e. The van der Waals surface area contributed by atoms with Crippen molar-refractivity contribution < 1.29 is 8.42 Å². The molecule has 19 heavy (non-hydrogen) atoms. The molecule has 1 heterocycles. The number of rotatable bonds is 4. The lowest BCUT2D eigenvalue weighted by Crippen LogP contribution is -2.35. The molecule has 0 saturated carbocycles. The first kappa shape index (κ1) is 14.0. The van der Waals surface area contributed by atoms with Gasteiger partial charge in [0.2, 0.25) is 10.0 Å². The maximum atomic E-state index is 12.1. The largest absolute Gasteiger partial charge is 0.317 e. The summed E-state index contributed by atoms with van der Waals surface area (Å²) in [6.45, 7) is 2.37. The molecular formula is C13H17N3O2S. The predicted molar refractivity (Wildman–Crippen MR) is 71.9 cm³/mol. The first-order valence-electron chi connectivity index (χ1n) is 6.32. The van der Waals surface area contributed by atoms with Crippen molar-refractivity contribution in [1.82, 2.24) is 10.0 Å². The minimum absolute atomic E-state index is 0.209. The van der Waals surface area contributed by atoms with Gasteiger partial charge in [-0.3, -0.25) is 0 Å². The monoisotopic (exact) mass is 279 g/mol. The third kappa shape index (κ3) is 3.77. The highest BCUT2D eigenvalue weighted by Gasteiger charge is 2.18. The molecule has 1 aromatic carbocycles. The fraction of sp³-hybridized carbons (Fsp3) is 0.462. The Morgan fingerprint density at radius 2 is 1.89 bits per heavy atom. The van der Waals surface area contributed by atoms with Crippen LogP contribution in [0.15, 0.2) is 29.2 Å². The van der Waals surface area contributed by atoms with Gasteiger partial charge in [-0.05, 0) is 56.1 Å². The number of hydrogen-bond acceptors (Lipinski definition) is 4. The van der Waals surface area contributed by atoms with Gasteiger partial charge in [-0.2, -0.15) is 5.26 Å². The minimum Gasteiger partial charge on any atom is -0.317 e. The summed E-state index contributed by atoms with van der Waals surface area (Å²) in [7, 11) is -3.46. The Labute approximate surface area is 113 Å². The summed E-state index contributed by atoms with van der Waals surface area (Å²) >= 11 is 0. The number of nitrogens with zero attached hydrogens (tertiary/aromatic N) is 1. The van der Waals surface area contributed by atoms with Gasteiger partial charge in [0.05, 0.1) is 16.5 Å². The van der Waals surface area contributed by atoms with Crippen LogP contribution < -0.4 is 10.0 Å². The van der Waals surface area contributed by atoms with E-state index in [1.165, 1.54) is 24.3 Å². The summed E-state index contributed by atoms with van der Waals surface area (Å²) in [6, 6.07) is 7.92. The minimum atomic E-state index is -3.46. The van der Waals surface area contributed by atoms with Gasteiger partial charge >= 0.3 is 0 Å². The van der Waals surface area contributed by atoms with Crippen LogP contribution in [-0.4, -0.2) is 28.1 Å². The summed E-state index contributed by atoms with van der Waals surface area (Å²) in [5.74, 6) is 0.398. The molecule has 2 N–H and O–H groups in total. The van der Waals surface area contributed by atoms with Crippen LogP contribution in [0.1, 0.15) is 18.4 Å². The molecule has 1 fully saturated rings. The second-order valence-corrected chi connectivity index (χ2v) is 6.45. The SMILES string of the molecule is N#Cc1ccc(S(=O)(=O)NCC2CCNCC2)cc1. The molecule has 0 unspecified atom stereocenters. The van der Waals surface area contributed by atoms with Crippen molar-refractivity contribution in [3.05, 3.63) is 29.8 Å². The average Bonchev–Trinajstić information content (AvgIpc) is 2.46. The quantitative estimate of drug-likeness (QED) is 0.855. The topological polar surface area (TPSA) is 82.0 Å². The first-order valence-corrected chi connectivity index (χ1v) is 7.81. The van der Waals surface area contributed by atoms with Crippen molar-refractivity contribution in [2.75, 3.05) is 19.6 Å². The second-order valence-electron chi connectivity index (χ2n) is 4.68. The molecular weight excluding hydrogens is 262 g/mol. The molecule has 0 bridgehead atoms. The molecule has 0 spiro atoms. The lowest BCUT2D eigenvalue weighted by atomic mass is 9.99. The molecule has 0 atom stereocenters. The van der Waals surface area contributed by atoms with Gasteiger partial charge in [0.1, 0.15) is 0 Å². The second kappa shape index (κ2) is 6.15. The fourth-order valence-electron chi connectivity index (χ4n) is 2.11. The van der Waals surface area contributed by atoms with Gasteiger partial charge < -0.3 is 5.32 Å². The zero-order chi connectivity index (χ0) is 13.7. The standard InChI is InChI=1S/C13H17N3O2S/c14-9-11-1-3-13(4-2-11)19(17,18)16-10-12-5-7-15-8-6-12/h1-4,12,15-16H,5-8,10H2. The molecule has 0 aromatic heterocycles. The Morgan fingerprint density at radius 3 is 2.47 bits per heavy atom.